The van der Waals surface area contributed by atoms with E-state index >= 15 is 0 Å². The third-order valence-electron chi connectivity index (χ3n) is 3.09. The molecule has 0 aliphatic carbocycles. The van der Waals surface area contributed by atoms with E-state index in [1.165, 1.54) is 6.07 Å². The van der Waals surface area contributed by atoms with Crippen molar-refractivity contribution in [3.63, 3.8) is 0 Å². The largest absolute Gasteiger partial charge is 0.300 e. The summed E-state index contributed by atoms with van der Waals surface area (Å²) in [6.45, 7) is 0. The number of thioether (sulfide) groups is 1. The first-order valence-corrected chi connectivity index (χ1v) is 7.82. The van der Waals surface area contributed by atoms with Gasteiger partial charge in [-0.15, -0.1) is 0 Å². The second-order valence-corrected chi connectivity index (χ2v) is 5.58. The van der Waals surface area contributed by atoms with Gasteiger partial charge in [-0.25, -0.2) is 4.39 Å². The number of hydrogen-bond donors (Lipinski definition) is 0. The van der Waals surface area contributed by atoms with Crippen LogP contribution in [0.5, 0.6) is 0 Å². The Kier molecular flexibility index (Phi) is 4.95. The van der Waals surface area contributed by atoms with E-state index in [4.69, 9.17) is 0 Å². The van der Waals surface area contributed by atoms with Gasteiger partial charge in [-0.2, -0.15) is 16.9 Å². The molecule has 0 aromatic carbocycles. The highest BCUT2D eigenvalue weighted by molar-refractivity contribution is 7.98. The number of amides is 1. The van der Waals surface area contributed by atoms with Crippen LogP contribution in [0.1, 0.15) is 6.42 Å². The van der Waals surface area contributed by atoms with Crippen molar-refractivity contribution in [2.24, 2.45) is 7.05 Å². The molecule has 0 aliphatic heterocycles. The maximum Gasteiger partial charge on any atom is 0.228 e. The fraction of sp³-hybridized carbons (Fsp3) is 0.357. The zero-order valence-corrected chi connectivity index (χ0v) is 13.0. The summed E-state index contributed by atoms with van der Waals surface area (Å²) in [5.41, 5.74) is 1.17. The van der Waals surface area contributed by atoms with Crippen LogP contribution in [0.3, 0.4) is 0 Å². The number of rotatable bonds is 5. The van der Waals surface area contributed by atoms with Crippen molar-refractivity contribution < 1.29 is 9.18 Å². The van der Waals surface area contributed by atoms with Crippen molar-refractivity contribution in [1.29, 1.82) is 0 Å². The molecular weight excluding hydrogens is 291 g/mol. The molecule has 21 heavy (non-hydrogen) atoms. The fourth-order valence-electron chi connectivity index (χ4n) is 1.95. The van der Waals surface area contributed by atoms with E-state index < -0.39 is 5.82 Å². The molecule has 0 fully saturated rings. The van der Waals surface area contributed by atoms with E-state index in [1.54, 1.807) is 47.7 Å². The number of anilines is 1. The summed E-state index contributed by atoms with van der Waals surface area (Å²) in [6.07, 6.45) is 5.13. The standard InChI is InChI=1S/C14H17FN4OS/c1-18(14(20)4-5-21-3)13-7-12(17-19(13)2)10-6-11(15)9-16-8-10/h6-9H,4-5H2,1-3H3. The van der Waals surface area contributed by atoms with Crippen LogP contribution in [0, 0.1) is 5.82 Å². The number of aromatic nitrogens is 3. The predicted octanol–water partition coefficient (Wildman–Crippen LogP) is 2.34. The number of pyridine rings is 1. The number of aryl methyl sites for hydroxylation is 1. The molecule has 2 aromatic heterocycles. The van der Waals surface area contributed by atoms with Crippen molar-refractivity contribution >= 4 is 23.5 Å². The number of carbonyl (C=O) groups is 1. The van der Waals surface area contributed by atoms with E-state index in [-0.39, 0.29) is 5.91 Å². The monoisotopic (exact) mass is 308 g/mol. The Morgan fingerprint density at radius 1 is 1.43 bits per heavy atom. The maximum absolute atomic E-state index is 13.2. The molecule has 112 valence electrons. The summed E-state index contributed by atoms with van der Waals surface area (Å²) in [6, 6.07) is 3.13. The van der Waals surface area contributed by atoms with E-state index in [1.807, 2.05) is 6.26 Å². The van der Waals surface area contributed by atoms with Gasteiger partial charge in [-0.3, -0.25) is 14.5 Å². The summed E-state index contributed by atoms with van der Waals surface area (Å²) in [5.74, 6) is 1.06. The van der Waals surface area contributed by atoms with E-state index in [2.05, 4.69) is 10.1 Å². The van der Waals surface area contributed by atoms with Crippen molar-refractivity contribution in [2.45, 2.75) is 6.42 Å². The van der Waals surface area contributed by atoms with E-state index in [0.29, 0.717) is 23.5 Å². The first kappa shape index (κ1) is 15.5. The second kappa shape index (κ2) is 6.71. The normalized spacial score (nSPS) is 10.7. The third kappa shape index (κ3) is 3.60. The Morgan fingerprint density at radius 2 is 2.19 bits per heavy atom. The summed E-state index contributed by atoms with van der Waals surface area (Å²) < 4.78 is 14.8. The maximum atomic E-state index is 13.2. The lowest BCUT2D eigenvalue weighted by Crippen LogP contribution is -2.28. The second-order valence-electron chi connectivity index (χ2n) is 4.60. The highest BCUT2D eigenvalue weighted by atomic mass is 32.2. The van der Waals surface area contributed by atoms with Gasteiger partial charge in [-0.1, -0.05) is 0 Å². The molecule has 0 N–H and O–H groups in total. The SMILES string of the molecule is CSCCC(=O)N(C)c1cc(-c2cncc(F)c2)nn1C. The van der Waals surface area contributed by atoms with Gasteiger partial charge in [-0.05, 0) is 12.3 Å². The molecule has 1 amide bonds. The summed E-state index contributed by atoms with van der Waals surface area (Å²) in [5, 5.41) is 4.32. The molecular formula is C14H17FN4OS. The molecule has 0 atom stereocenters. The Hall–Kier alpha value is -1.89. The lowest BCUT2D eigenvalue weighted by Gasteiger charge is -2.16. The number of nitrogens with zero attached hydrogens (tertiary/aromatic N) is 4. The molecule has 0 aliphatic rings. The number of halogens is 1. The van der Waals surface area contributed by atoms with Gasteiger partial charge >= 0.3 is 0 Å². The highest BCUT2D eigenvalue weighted by Gasteiger charge is 2.16. The van der Waals surface area contributed by atoms with Crippen molar-refractivity contribution in [1.82, 2.24) is 14.8 Å². The minimum atomic E-state index is -0.413. The quantitative estimate of drug-likeness (QED) is 0.851. The minimum absolute atomic E-state index is 0.0243. The van der Waals surface area contributed by atoms with Crippen LogP contribution in [-0.4, -0.2) is 39.7 Å². The first-order chi connectivity index (χ1) is 10.0. The van der Waals surface area contributed by atoms with E-state index in [0.717, 1.165) is 11.9 Å². The molecule has 2 heterocycles. The fourth-order valence-corrected chi connectivity index (χ4v) is 2.33. The lowest BCUT2D eigenvalue weighted by molar-refractivity contribution is -0.118. The highest BCUT2D eigenvalue weighted by Crippen LogP contribution is 2.23. The van der Waals surface area contributed by atoms with Crippen LogP contribution < -0.4 is 4.90 Å². The van der Waals surface area contributed by atoms with Crippen LogP contribution in [0.2, 0.25) is 0 Å². The lowest BCUT2D eigenvalue weighted by atomic mass is 10.2. The molecule has 0 bridgehead atoms. The smallest absolute Gasteiger partial charge is 0.228 e. The number of carbonyl (C=O) groups excluding carboxylic acids is 1. The van der Waals surface area contributed by atoms with Crippen LogP contribution in [-0.2, 0) is 11.8 Å². The average molecular weight is 308 g/mol. The molecule has 0 saturated carbocycles. The Morgan fingerprint density at radius 3 is 2.86 bits per heavy atom. The van der Waals surface area contributed by atoms with Crippen molar-refractivity contribution in [3.05, 3.63) is 30.3 Å². The average Bonchev–Trinajstić information content (AvgIpc) is 2.86. The van der Waals surface area contributed by atoms with Gasteiger partial charge in [0.25, 0.3) is 0 Å². The summed E-state index contributed by atoms with van der Waals surface area (Å²) in [7, 11) is 3.47. The summed E-state index contributed by atoms with van der Waals surface area (Å²) >= 11 is 1.63. The zero-order valence-electron chi connectivity index (χ0n) is 12.2. The molecule has 2 rings (SSSR count). The van der Waals surface area contributed by atoms with E-state index in [9.17, 15) is 9.18 Å². The Labute approximate surface area is 127 Å². The van der Waals surface area contributed by atoms with Gasteiger partial charge < -0.3 is 4.90 Å². The first-order valence-electron chi connectivity index (χ1n) is 6.43. The van der Waals surface area contributed by atoms with Crippen LogP contribution >= 0.6 is 11.8 Å². The molecule has 5 nitrogen and oxygen atoms in total. The molecule has 7 heteroatoms. The van der Waals surface area contributed by atoms with Gasteiger partial charge in [0, 0.05) is 44.1 Å². The van der Waals surface area contributed by atoms with Crippen molar-refractivity contribution in [3.8, 4) is 11.3 Å². The molecule has 0 saturated heterocycles. The van der Waals surface area contributed by atoms with Gasteiger partial charge in [0.05, 0.1) is 11.9 Å². The Bertz CT molecular complexity index is 644. The molecule has 0 unspecified atom stereocenters. The number of hydrogen-bond acceptors (Lipinski definition) is 4. The van der Waals surface area contributed by atoms with Crippen LogP contribution in [0.25, 0.3) is 11.3 Å². The van der Waals surface area contributed by atoms with Gasteiger partial charge in [0.1, 0.15) is 11.6 Å². The molecule has 0 spiro atoms. The van der Waals surface area contributed by atoms with Crippen molar-refractivity contribution in [2.75, 3.05) is 24.0 Å². The zero-order chi connectivity index (χ0) is 15.4. The minimum Gasteiger partial charge on any atom is -0.300 e. The van der Waals surface area contributed by atoms with Crippen LogP contribution in [0.15, 0.2) is 24.5 Å². The van der Waals surface area contributed by atoms with Gasteiger partial charge in [0.15, 0.2) is 0 Å². The Balaban J connectivity index is 2.25. The molecule has 0 radical (unpaired) electrons. The summed E-state index contributed by atoms with van der Waals surface area (Å²) in [4.78, 5) is 17.4. The van der Waals surface area contributed by atoms with Crippen LogP contribution in [0.4, 0.5) is 10.2 Å². The predicted molar refractivity (Wildman–Crippen MR) is 82.8 cm³/mol. The van der Waals surface area contributed by atoms with Gasteiger partial charge in [0.2, 0.25) is 5.91 Å². The third-order valence-corrected chi connectivity index (χ3v) is 3.71. The topological polar surface area (TPSA) is 51.0 Å². The molecule has 2 aromatic rings.